The zero-order chi connectivity index (χ0) is 19.9. The van der Waals surface area contributed by atoms with Crippen LogP contribution >= 0.6 is 11.6 Å². The van der Waals surface area contributed by atoms with E-state index in [9.17, 15) is 18.5 Å². The number of likely N-dealkylation sites (N-methyl/N-ethyl adjacent to an activating group) is 1. The molecule has 1 aromatic carbocycles. The Morgan fingerprint density at radius 1 is 1.46 bits per heavy atom. The Hall–Kier alpha value is -1.82. The van der Waals surface area contributed by atoms with Crippen LogP contribution in [0.1, 0.15) is 44.9 Å². The van der Waals surface area contributed by atoms with Gasteiger partial charge in [0.05, 0.1) is 22.4 Å². The summed E-state index contributed by atoms with van der Waals surface area (Å²) in [6, 6.07) is 4.08. The molecule has 0 aromatic heterocycles. The van der Waals surface area contributed by atoms with Gasteiger partial charge in [-0.15, -0.1) is 0 Å². The molecule has 2 atom stereocenters. The Morgan fingerprint density at radius 3 is 2.58 bits per heavy atom. The quantitative estimate of drug-likeness (QED) is 0.721. The summed E-state index contributed by atoms with van der Waals surface area (Å²) in [5.41, 5.74) is -0.406. The van der Waals surface area contributed by atoms with Gasteiger partial charge in [-0.1, -0.05) is 11.6 Å². The van der Waals surface area contributed by atoms with Crippen LogP contribution < -0.4 is 4.74 Å². The minimum atomic E-state index is -3.62. The summed E-state index contributed by atoms with van der Waals surface area (Å²) in [6.45, 7) is 6.18. The molecule has 1 aliphatic heterocycles. The zero-order valence-electron chi connectivity index (χ0n) is 15.2. The van der Waals surface area contributed by atoms with E-state index in [-0.39, 0.29) is 16.3 Å². The predicted molar refractivity (Wildman–Crippen MR) is 96.4 cm³/mol. The van der Waals surface area contributed by atoms with E-state index < -0.39 is 33.7 Å². The number of fused-ring (bicyclic) bond motifs is 1. The van der Waals surface area contributed by atoms with Crippen molar-refractivity contribution in [2.75, 3.05) is 12.8 Å². The molecule has 0 fully saturated rings. The first-order valence-electron chi connectivity index (χ1n) is 8.00. The molecular weight excluding hydrogens is 380 g/mol. The standard InChI is InChI=1S/C17H21ClN2O5S/c1-6-26(22,23)20(5)15-12-7-11(9-19)13(18)8-14(12)25-17(3,4)16(15)24-10(2)21/h7-8,15-16H,6H2,1-5H3. The fraction of sp³-hybridized carbons (Fsp3) is 0.529. The van der Waals surface area contributed by atoms with Crippen LogP contribution in [0.15, 0.2) is 12.1 Å². The average Bonchev–Trinajstić information content (AvgIpc) is 2.54. The van der Waals surface area contributed by atoms with Crippen LogP contribution in [-0.2, 0) is 19.6 Å². The normalized spacial score (nSPS) is 21.5. The number of rotatable bonds is 4. The van der Waals surface area contributed by atoms with Gasteiger partial charge in [-0.2, -0.15) is 9.57 Å². The molecule has 9 heteroatoms. The van der Waals surface area contributed by atoms with Crippen LogP contribution in [0.3, 0.4) is 0 Å². The molecule has 7 nitrogen and oxygen atoms in total. The van der Waals surface area contributed by atoms with Gasteiger partial charge in [0.2, 0.25) is 10.0 Å². The Bertz CT molecular complexity index is 876. The van der Waals surface area contributed by atoms with Gasteiger partial charge in [0, 0.05) is 25.6 Å². The lowest BCUT2D eigenvalue weighted by molar-refractivity contribution is -0.165. The lowest BCUT2D eigenvalue weighted by atomic mass is 9.85. The number of esters is 1. The van der Waals surface area contributed by atoms with Crippen LogP contribution in [-0.4, -0.2) is 43.2 Å². The lowest BCUT2D eigenvalue weighted by Crippen LogP contribution is -2.55. The number of ether oxygens (including phenoxy) is 2. The van der Waals surface area contributed by atoms with Crippen molar-refractivity contribution in [2.45, 2.75) is 45.4 Å². The number of hydrogen-bond donors (Lipinski definition) is 0. The molecule has 0 saturated carbocycles. The van der Waals surface area contributed by atoms with Gasteiger partial charge in [0.1, 0.15) is 17.4 Å². The van der Waals surface area contributed by atoms with Gasteiger partial charge in [0.15, 0.2) is 6.10 Å². The van der Waals surface area contributed by atoms with Crippen molar-refractivity contribution in [3.63, 3.8) is 0 Å². The molecule has 1 aromatic rings. The summed E-state index contributed by atoms with van der Waals surface area (Å²) in [7, 11) is -2.20. The highest BCUT2D eigenvalue weighted by Crippen LogP contribution is 2.46. The lowest BCUT2D eigenvalue weighted by Gasteiger charge is -2.46. The summed E-state index contributed by atoms with van der Waals surface area (Å²) >= 11 is 6.10. The molecule has 26 heavy (non-hydrogen) atoms. The number of benzene rings is 1. The Labute approximate surface area is 158 Å². The molecule has 2 rings (SSSR count). The third-order valence-corrected chi connectivity index (χ3v) is 6.52. The molecule has 0 spiro atoms. The summed E-state index contributed by atoms with van der Waals surface area (Å²) in [5, 5.41) is 9.47. The summed E-state index contributed by atoms with van der Waals surface area (Å²) in [5.74, 6) is -0.329. The van der Waals surface area contributed by atoms with Crippen LogP contribution in [0.4, 0.5) is 0 Å². The van der Waals surface area contributed by atoms with Crippen molar-refractivity contribution in [1.29, 1.82) is 5.26 Å². The molecule has 0 N–H and O–H groups in total. The maximum Gasteiger partial charge on any atom is 0.303 e. The van der Waals surface area contributed by atoms with Crippen LogP contribution in [0.5, 0.6) is 5.75 Å². The van der Waals surface area contributed by atoms with E-state index in [0.29, 0.717) is 11.3 Å². The molecule has 142 valence electrons. The highest BCUT2D eigenvalue weighted by molar-refractivity contribution is 7.89. The second-order valence-electron chi connectivity index (χ2n) is 6.58. The van der Waals surface area contributed by atoms with Crippen molar-refractivity contribution in [3.05, 3.63) is 28.3 Å². The number of carbonyl (C=O) groups is 1. The first kappa shape index (κ1) is 20.5. The number of nitrogens with zero attached hydrogens (tertiary/aromatic N) is 2. The van der Waals surface area contributed by atoms with Gasteiger partial charge in [-0.3, -0.25) is 4.79 Å². The second kappa shape index (κ2) is 7.06. The van der Waals surface area contributed by atoms with Crippen molar-refractivity contribution >= 4 is 27.6 Å². The average molecular weight is 401 g/mol. The second-order valence-corrected chi connectivity index (χ2v) is 9.30. The van der Waals surface area contributed by atoms with E-state index >= 15 is 0 Å². The van der Waals surface area contributed by atoms with E-state index in [2.05, 4.69) is 0 Å². The largest absolute Gasteiger partial charge is 0.484 e. The molecule has 0 saturated heterocycles. The van der Waals surface area contributed by atoms with Gasteiger partial charge in [-0.05, 0) is 26.8 Å². The smallest absolute Gasteiger partial charge is 0.303 e. The monoisotopic (exact) mass is 400 g/mol. The fourth-order valence-corrected chi connectivity index (χ4v) is 4.18. The SMILES string of the molecule is CCS(=O)(=O)N(C)C1c2cc(C#N)c(Cl)cc2OC(C)(C)C1OC(C)=O. The minimum Gasteiger partial charge on any atom is -0.484 e. The molecule has 0 amide bonds. The third-order valence-electron chi connectivity index (χ3n) is 4.37. The van der Waals surface area contributed by atoms with Crippen molar-refractivity contribution in [3.8, 4) is 11.8 Å². The van der Waals surface area contributed by atoms with Crippen molar-refractivity contribution in [2.24, 2.45) is 0 Å². The highest BCUT2D eigenvalue weighted by Gasteiger charge is 2.50. The Balaban J connectivity index is 2.75. The summed E-state index contributed by atoms with van der Waals surface area (Å²) < 4.78 is 37.6. The van der Waals surface area contributed by atoms with Crippen LogP contribution in [0.25, 0.3) is 0 Å². The number of carbonyl (C=O) groups excluding carboxylic acids is 1. The van der Waals surface area contributed by atoms with Gasteiger partial charge in [-0.25, -0.2) is 8.42 Å². The summed E-state index contributed by atoms with van der Waals surface area (Å²) in [4.78, 5) is 11.7. The van der Waals surface area contributed by atoms with E-state index in [1.807, 2.05) is 6.07 Å². The zero-order valence-corrected chi connectivity index (χ0v) is 16.8. The fourth-order valence-electron chi connectivity index (χ4n) is 3.01. The van der Waals surface area contributed by atoms with Gasteiger partial charge < -0.3 is 9.47 Å². The van der Waals surface area contributed by atoms with E-state index in [0.717, 1.165) is 0 Å². The molecule has 0 bridgehead atoms. The number of sulfonamides is 1. The number of hydrogen-bond acceptors (Lipinski definition) is 6. The van der Waals surface area contributed by atoms with E-state index in [1.54, 1.807) is 13.8 Å². The topological polar surface area (TPSA) is 96.7 Å². The predicted octanol–water partition coefficient (Wildman–Crippen LogP) is 2.64. The molecule has 1 aliphatic rings. The molecule has 0 aliphatic carbocycles. The number of nitriles is 1. The van der Waals surface area contributed by atoms with E-state index in [4.69, 9.17) is 21.1 Å². The van der Waals surface area contributed by atoms with Crippen molar-refractivity contribution in [1.82, 2.24) is 4.31 Å². The third kappa shape index (κ3) is 3.65. The highest BCUT2D eigenvalue weighted by atomic mass is 35.5. The van der Waals surface area contributed by atoms with Gasteiger partial charge >= 0.3 is 5.97 Å². The first-order chi connectivity index (χ1) is 11.9. The minimum absolute atomic E-state index is 0.123. The molecule has 2 unspecified atom stereocenters. The summed E-state index contributed by atoms with van der Waals surface area (Å²) in [6.07, 6.45) is -0.911. The van der Waals surface area contributed by atoms with Crippen molar-refractivity contribution < 1.29 is 22.7 Å². The number of halogens is 1. The molecular formula is C17H21ClN2O5S. The molecule has 0 radical (unpaired) electrons. The Morgan fingerprint density at radius 2 is 2.08 bits per heavy atom. The van der Waals surface area contributed by atoms with Gasteiger partial charge in [0.25, 0.3) is 0 Å². The van der Waals surface area contributed by atoms with Crippen LogP contribution in [0.2, 0.25) is 5.02 Å². The maximum absolute atomic E-state index is 12.5. The maximum atomic E-state index is 12.5. The molecule has 1 heterocycles. The first-order valence-corrected chi connectivity index (χ1v) is 9.98. The Kier molecular flexibility index (Phi) is 5.57. The van der Waals surface area contributed by atoms with E-state index in [1.165, 1.54) is 37.3 Å². The van der Waals surface area contributed by atoms with Crippen LogP contribution in [0, 0.1) is 11.3 Å².